The molecule has 1 aliphatic rings. The Bertz CT molecular complexity index is 709. The van der Waals surface area contributed by atoms with Crippen LogP contribution >= 0.6 is 11.3 Å². The second-order valence-electron chi connectivity index (χ2n) is 5.63. The number of thiazole rings is 1. The molecule has 1 atom stereocenters. The molecule has 0 radical (unpaired) electrons. The number of nitrogens with zero attached hydrogens (tertiary/aromatic N) is 1. The van der Waals surface area contributed by atoms with E-state index in [0.717, 1.165) is 23.4 Å². The molecule has 1 aromatic heterocycles. The first kappa shape index (κ1) is 14.7. The second-order valence-corrected chi connectivity index (χ2v) is 6.66. The summed E-state index contributed by atoms with van der Waals surface area (Å²) in [5, 5.41) is 12.8. The lowest BCUT2D eigenvalue weighted by Gasteiger charge is -2.25. The molecule has 2 aromatic rings. The summed E-state index contributed by atoms with van der Waals surface area (Å²) in [6.07, 6.45) is 3.17. The average Bonchev–Trinajstić information content (AvgIpc) is 3.25. The number of amides is 1. The van der Waals surface area contributed by atoms with E-state index >= 15 is 0 Å². The Kier molecular flexibility index (Phi) is 3.70. The number of carbonyl (C=O) groups excluding carboxylic acids is 1. The molecule has 22 heavy (non-hydrogen) atoms. The van der Waals surface area contributed by atoms with Gasteiger partial charge in [0.2, 0.25) is 0 Å². The zero-order valence-electron chi connectivity index (χ0n) is 12.1. The van der Waals surface area contributed by atoms with Crippen LogP contribution in [0.25, 0.3) is 10.6 Å². The van der Waals surface area contributed by atoms with Crippen LogP contribution in [0.5, 0.6) is 0 Å². The van der Waals surface area contributed by atoms with Gasteiger partial charge in [-0.3, -0.25) is 4.79 Å². The van der Waals surface area contributed by atoms with Crippen LogP contribution in [-0.2, 0) is 4.79 Å². The van der Waals surface area contributed by atoms with Crippen LogP contribution in [0.4, 0.5) is 0 Å². The minimum absolute atomic E-state index is 0.00969. The van der Waals surface area contributed by atoms with Crippen molar-refractivity contribution in [3.63, 3.8) is 0 Å². The Balaban J connectivity index is 1.79. The number of aliphatic carboxylic acids is 1. The average molecular weight is 316 g/mol. The van der Waals surface area contributed by atoms with Crippen molar-refractivity contribution in [3.05, 3.63) is 41.4 Å². The molecule has 0 aliphatic heterocycles. The molecule has 0 saturated heterocycles. The highest BCUT2D eigenvalue weighted by Gasteiger charge is 2.48. The van der Waals surface area contributed by atoms with Crippen molar-refractivity contribution in [1.82, 2.24) is 10.3 Å². The van der Waals surface area contributed by atoms with Gasteiger partial charge in [-0.25, -0.2) is 9.78 Å². The number of nitrogens with one attached hydrogen (secondary N) is 1. The van der Waals surface area contributed by atoms with Crippen LogP contribution in [0.1, 0.15) is 29.4 Å². The Labute approximate surface area is 132 Å². The van der Waals surface area contributed by atoms with E-state index in [1.807, 2.05) is 30.3 Å². The number of aromatic nitrogens is 1. The van der Waals surface area contributed by atoms with E-state index in [1.54, 1.807) is 6.92 Å². The Morgan fingerprint density at radius 1 is 1.32 bits per heavy atom. The van der Waals surface area contributed by atoms with Crippen molar-refractivity contribution >= 4 is 23.2 Å². The second kappa shape index (κ2) is 5.53. The Morgan fingerprint density at radius 3 is 2.59 bits per heavy atom. The maximum atomic E-state index is 12.3. The molecule has 6 heteroatoms. The number of hydrogen-bond donors (Lipinski definition) is 2. The molecule has 1 aliphatic carbocycles. The summed E-state index contributed by atoms with van der Waals surface area (Å²) in [7, 11) is 0. The van der Waals surface area contributed by atoms with Gasteiger partial charge in [0.15, 0.2) is 0 Å². The van der Waals surface area contributed by atoms with Crippen LogP contribution in [0.15, 0.2) is 36.5 Å². The molecule has 114 valence electrons. The van der Waals surface area contributed by atoms with Crippen molar-refractivity contribution in [2.24, 2.45) is 5.92 Å². The zero-order chi connectivity index (χ0) is 15.7. The summed E-state index contributed by atoms with van der Waals surface area (Å²) < 4.78 is 0. The maximum Gasteiger partial charge on any atom is 0.329 e. The molecular formula is C16H16N2O3S. The van der Waals surface area contributed by atoms with Crippen LogP contribution < -0.4 is 5.32 Å². The van der Waals surface area contributed by atoms with Gasteiger partial charge in [0.25, 0.3) is 5.91 Å². The summed E-state index contributed by atoms with van der Waals surface area (Å²) >= 11 is 1.26. The third-order valence-electron chi connectivity index (χ3n) is 3.96. The number of rotatable bonds is 5. The molecule has 0 bridgehead atoms. The summed E-state index contributed by atoms with van der Waals surface area (Å²) in [6, 6.07) is 9.58. The smallest absolute Gasteiger partial charge is 0.329 e. The number of carboxylic acids is 1. The zero-order valence-corrected chi connectivity index (χ0v) is 12.9. The fourth-order valence-electron chi connectivity index (χ4n) is 2.38. The van der Waals surface area contributed by atoms with Gasteiger partial charge in [-0.05, 0) is 25.7 Å². The predicted molar refractivity (Wildman–Crippen MR) is 83.8 cm³/mol. The monoisotopic (exact) mass is 316 g/mol. The van der Waals surface area contributed by atoms with Crippen molar-refractivity contribution < 1.29 is 14.7 Å². The first-order valence-electron chi connectivity index (χ1n) is 7.08. The van der Waals surface area contributed by atoms with Gasteiger partial charge in [0.1, 0.15) is 15.4 Å². The number of benzene rings is 1. The van der Waals surface area contributed by atoms with Crippen molar-refractivity contribution in [3.8, 4) is 10.6 Å². The molecule has 0 unspecified atom stereocenters. The normalized spacial score (nSPS) is 16.8. The first-order valence-corrected chi connectivity index (χ1v) is 7.89. The molecule has 5 nitrogen and oxygen atoms in total. The van der Waals surface area contributed by atoms with Gasteiger partial charge < -0.3 is 10.4 Å². The molecule has 1 fully saturated rings. The molecule has 3 rings (SSSR count). The van der Waals surface area contributed by atoms with Crippen LogP contribution in [0.3, 0.4) is 0 Å². The van der Waals surface area contributed by atoms with E-state index in [9.17, 15) is 14.7 Å². The quantitative estimate of drug-likeness (QED) is 0.889. The topological polar surface area (TPSA) is 79.3 Å². The van der Waals surface area contributed by atoms with E-state index in [1.165, 1.54) is 17.5 Å². The summed E-state index contributed by atoms with van der Waals surface area (Å²) in [5.74, 6) is -1.36. The number of carbonyl (C=O) groups is 2. The van der Waals surface area contributed by atoms with Crippen molar-refractivity contribution in [2.75, 3.05) is 0 Å². The van der Waals surface area contributed by atoms with E-state index in [2.05, 4.69) is 10.3 Å². The summed E-state index contributed by atoms with van der Waals surface area (Å²) in [6.45, 7) is 1.57. The molecule has 1 heterocycles. The lowest BCUT2D eigenvalue weighted by molar-refractivity contribution is -0.144. The molecule has 1 saturated carbocycles. The molecule has 2 N–H and O–H groups in total. The maximum absolute atomic E-state index is 12.3. The summed E-state index contributed by atoms with van der Waals surface area (Å²) in [4.78, 5) is 28.5. The lowest BCUT2D eigenvalue weighted by Crippen LogP contribution is -2.53. The molecule has 1 aromatic carbocycles. The van der Waals surface area contributed by atoms with Gasteiger partial charge in [-0.2, -0.15) is 0 Å². The van der Waals surface area contributed by atoms with Crippen LogP contribution in [-0.4, -0.2) is 27.5 Å². The van der Waals surface area contributed by atoms with Gasteiger partial charge in [0.05, 0.1) is 6.20 Å². The summed E-state index contributed by atoms with van der Waals surface area (Å²) in [5.41, 5.74) is -0.261. The predicted octanol–water partition coefficient (Wildman–Crippen LogP) is 2.79. The highest BCUT2D eigenvalue weighted by molar-refractivity contribution is 7.16. The van der Waals surface area contributed by atoms with Gasteiger partial charge >= 0.3 is 5.97 Å². The highest BCUT2D eigenvalue weighted by atomic mass is 32.1. The standard InChI is InChI=1S/C16H16N2O3S/c1-16(15(20)21,11-7-8-11)18-13(19)12-9-17-14(22-12)10-5-3-2-4-6-10/h2-6,9,11H,7-8H2,1H3,(H,18,19)(H,20,21)/t16-/m1/s1. The van der Waals surface area contributed by atoms with Crippen molar-refractivity contribution in [1.29, 1.82) is 0 Å². The SMILES string of the molecule is C[C@](NC(=O)c1cnc(-c2ccccc2)s1)(C(=O)O)C1CC1. The number of hydrogen-bond acceptors (Lipinski definition) is 4. The van der Waals surface area contributed by atoms with E-state index in [0.29, 0.717) is 4.88 Å². The molecular weight excluding hydrogens is 300 g/mol. The van der Waals surface area contributed by atoms with Gasteiger partial charge in [-0.1, -0.05) is 30.3 Å². The van der Waals surface area contributed by atoms with Crippen LogP contribution in [0, 0.1) is 5.92 Å². The Morgan fingerprint density at radius 2 is 2.00 bits per heavy atom. The lowest BCUT2D eigenvalue weighted by atomic mass is 9.96. The largest absolute Gasteiger partial charge is 0.480 e. The van der Waals surface area contributed by atoms with E-state index < -0.39 is 11.5 Å². The minimum atomic E-state index is -1.20. The highest BCUT2D eigenvalue weighted by Crippen LogP contribution is 2.40. The van der Waals surface area contributed by atoms with Crippen molar-refractivity contribution in [2.45, 2.75) is 25.3 Å². The molecule has 0 spiro atoms. The molecule has 1 amide bonds. The fourth-order valence-corrected chi connectivity index (χ4v) is 3.20. The third-order valence-corrected chi connectivity index (χ3v) is 5.01. The Hall–Kier alpha value is -2.21. The number of carboxylic acid groups (broad SMARTS) is 1. The van der Waals surface area contributed by atoms with Crippen LogP contribution in [0.2, 0.25) is 0 Å². The van der Waals surface area contributed by atoms with E-state index in [-0.39, 0.29) is 11.8 Å². The third kappa shape index (κ3) is 2.74. The van der Waals surface area contributed by atoms with Gasteiger partial charge in [0, 0.05) is 5.56 Å². The first-order chi connectivity index (χ1) is 10.5. The van der Waals surface area contributed by atoms with Gasteiger partial charge in [-0.15, -0.1) is 11.3 Å². The van der Waals surface area contributed by atoms with E-state index in [4.69, 9.17) is 0 Å². The minimum Gasteiger partial charge on any atom is -0.480 e. The fraction of sp³-hybridized carbons (Fsp3) is 0.312.